The Bertz CT molecular complexity index is 1010. The number of ether oxygens (including phenoxy) is 2. The molecule has 1 aromatic carbocycles. The fourth-order valence-electron chi connectivity index (χ4n) is 3.48. The average Bonchev–Trinajstić information content (AvgIpc) is 2.76. The van der Waals surface area contributed by atoms with Crippen molar-refractivity contribution in [3.63, 3.8) is 0 Å². The topological polar surface area (TPSA) is 73.7 Å². The zero-order valence-corrected chi connectivity index (χ0v) is 18.9. The molecule has 0 radical (unpaired) electrons. The Hall–Kier alpha value is -2.48. The molecule has 0 N–H and O–H groups in total. The molecule has 1 amide bonds. The third-order valence-electron chi connectivity index (χ3n) is 5.29. The van der Waals surface area contributed by atoms with Gasteiger partial charge in [0.1, 0.15) is 0 Å². The quantitative estimate of drug-likeness (QED) is 0.362. The first kappa shape index (κ1) is 22.2. The van der Waals surface area contributed by atoms with E-state index in [1.165, 1.54) is 35.1 Å². The highest BCUT2D eigenvalue weighted by atomic mass is 32.2. The van der Waals surface area contributed by atoms with Crippen LogP contribution >= 0.6 is 11.8 Å². The van der Waals surface area contributed by atoms with Crippen molar-refractivity contribution in [2.45, 2.75) is 43.8 Å². The summed E-state index contributed by atoms with van der Waals surface area (Å²) in [6.45, 7) is 0.542. The maximum absolute atomic E-state index is 13.4. The maximum Gasteiger partial charge on any atom is 0.262 e. The van der Waals surface area contributed by atoms with Gasteiger partial charge in [-0.1, -0.05) is 23.4 Å². The lowest BCUT2D eigenvalue weighted by atomic mass is 9.97. The van der Waals surface area contributed by atoms with Crippen molar-refractivity contribution in [2.24, 2.45) is 0 Å². The number of allylic oxidation sites excluding steroid dienone is 2. The van der Waals surface area contributed by atoms with Crippen molar-refractivity contribution in [3.05, 3.63) is 34.1 Å². The number of nitrogens with zero attached hydrogens (tertiary/aromatic N) is 3. The number of benzene rings is 1. The van der Waals surface area contributed by atoms with E-state index in [9.17, 15) is 9.59 Å². The molecule has 0 bridgehead atoms. The van der Waals surface area contributed by atoms with Crippen molar-refractivity contribution in [3.8, 4) is 11.5 Å². The molecule has 1 aliphatic rings. The second-order valence-electron chi connectivity index (χ2n) is 7.51. The molecule has 0 aliphatic heterocycles. The number of hydrogen-bond acceptors (Lipinski definition) is 6. The van der Waals surface area contributed by atoms with Gasteiger partial charge in [-0.3, -0.25) is 14.2 Å². The van der Waals surface area contributed by atoms with Gasteiger partial charge in [-0.05, 0) is 38.2 Å². The summed E-state index contributed by atoms with van der Waals surface area (Å²) in [5.74, 6) is 1.21. The number of thioether (sulfide) groups is 1. The highest BCUT2D eigenvalue weighted by Gasteiger charge is 2.17. The third kappa shape index (κ3) is 4.98. The molecule has 1 aliphatic carbocycles. The van der Waals surface area contributed by atoms with Crippen LogP contribution in [0.3, 0.4) is 0 Å². The van der Waals surface area contributed by atoms with Crippen LogP contribution in [-0.4, -0.2) is 54.4 Å². The van der Waals surface area contributed by atoms with E-state index in [0.717, 1.165) is 19.3 Å². The van der Waals surface area contributed by atoms with Crippen molar-refractivity contribution < 1.29 is 14.3 Å². The summed E-state index contributed by atoms with van der Waals surface area (Å²) in [4.78, 5) is 31.7. The second-order valence-corrected chi connectivity index (χ2v) is 8.45. The van der Waals surface area contributed by atoms with Crippen molar-refractivity contribution >= 4 is 28.6 Å². The molecule has 0 spiro atoms. The van der Waals surface area contributed by atoms with Crippen LogP contribution in [0.4, 0.5) is 0 Å². The highest BCUT2D eigenvalue weighted by Crippen LogP contribution is 2.31. The van der Waals surface area contributed by atoms with Gasteiger partial charge >= 0.3 is 0 Å². The Morgan fingerprint density at radius 3 is 2.57 bits per heavy atom. The van der Waals surface area contributed by atoms with Gasteiger partial charge in [0.15, 0.2) is 16.7 Å². The lowest BCUT2D eigenvalue weighted by molar-refractivity contribution is -0.125. The first-order valence-corrected chi connectivity index (χ1v) is 11.1. The number of amides is 1. The van der Waals surface area contributed by atoms with E-state index < -0.39 is 0 Å². The second kappa shape index (κ2) is 10.0. The average molecular weight is 432 g/mol. The molecule has 0 saturated heterocycles. The Morgan fingerprint density at radius 2 is 1.93 bits per heavy atom. The van der Waals surface area contributed by atoms with Crippen LogP contribution in [-0.2, 0) is 11.3 Å². The smallest absolute Gasteiger partial charge is 0.262 e. The van der Waals surface area contributed by atoms with Gasteiger partial charge in [0.25, 0.3) is 5.56 Å². The number of hydrogen-bond donors (Lipinski definition) is 0. The van der Waals surface area contributed by atoms with Gasteiger partial charge in [0.2, 0.25) is 5.91 Å². The van der Waals surface area contributed by atoms with Gasteiger partial charge < -0.3 is 14.4 Å². The van der Waals surface area contributed by atoms with Gasteiger partial charge in [0.05, 0.1) is 30.9 Å². The Labute approximate surface area is 181 Å². The number of carbonyl (C=O) groups is 1. The summed E-state index contributed by atoms with van der Waals surface area (Å²) in [5, 5.41) is 1.03. The molecule has 30 heavy (non-hydrogen) atoms. The van der Waals surface area contributed by atoms with E-state index in [2.05, 4.69) is 6.08 Å². The standard InChI is InChI=1S/C22H29N3O4S/c1-24(2)20(26)14-30-22-23-17-13-19(29-4)18(28-3)12-16(17)21(27)25(22)11-10-15-8-6-5-7-9-15/h8,12-13H,5-7,9-11,14H2,1-4H3. The first-order chi connectivity index (χ1) is 14.4. The molecule has 0 saturated carbocycles. The maximum atomic E-state index is 13.4. The molecule has 8 heteroatoms. The minimum absolute atomic E-state index is 0.0248. The van der Waals surface area contributed by atoms with Crippen LogP contribution in [0.5, 0.6) is 11.5 Å². The van der Waals surface area contributed by atoms with Crippen LogP contribution in [0.15, 0.2) is 33.7 Å². The van der Waals surface area contributed by atoms with Crippen LogP contribution in [0.25, 0.3) is 10.9 Å². The number of fused-ring (bicyclic) bond motifs is 1. The molecule has 1 aromatic heterocycles. The zero-order chi connectivity index (χ0) is 21.7. The summed E-state index contributed by atoms with van der Waals surface area (Å²) in [7, 11) is 6.53. The molecule has 2 aromatic rings. The largest absolute Gasteiger partial charge is 0.493 e. The van der Waals surface area contributed by atoms with Gasteiger partial charge in [0, 0.05) is 26.7 Å². The minimum atomic E-state index is -0.128. The number of methoxy groups -OCH3 is 2. The van der Waals surface area contributed by atoms with Crippen LogP contribution in [0, 0.1) is 0 Å². The monoisotopic (exact) mass is 431 g/mol. The SMILES string of the molecule is COc1cc2nc(SCC(=O)N(C)C)n(CCC3=CCCCC3)c(=O)c2cc1OC. The molecule has 0 fully saturated rings. The molecular weight excluding hydrogens is 402 g/mol. The fraction of sp³-hybridized carbons (Fsp3) is 0.500. The van der Waals surface area contributed by atoms with E-state index in [-0.39, 0.29) is 17.2 Å². The molecule has 162 valence electrons. The number of rotatable bonds is 8. The lowest BCUT2D eigenvalue weighted by Gasteiger charge is -2.17. The van der Waals surface area contributed by atoms with Crippen molar-refractivity contribution in [1.29, 1.82) is 0 Å². The Balaban J connectivity index is 2.02. The van der Waals surface area contributed by atoms with Crippen LogP contribution in [0.1, 0.15) is 32.1 Å². The zero-order valence-electron chi connectivity index (χ0n) is 18.1. The Kier molecular flexibility index (Phi) is 7.42. The van der Waals surface area contributed by atoms with Gasteiger partial charge in [-0.2, -0.15) is 0 Å². The molecular formula is C22H29N3O4S. The van der Waals surface area contributed by atoms with E-state index in [4.69, 9.17) is 14.5 Å². The van der Waals surface area contributed by atoms with Crippen molar-refractivity contribution in [1.82, 2.24) is 14.5 Å². The van der Waals surface area contributed by atoms with E-state index in [0.29, 0.717) is 34.1 Å². The predicted octanol–water partition coefficient (Wildman–Crippen LogP) is 3.48. The summed E-state index contributed by atoms with van der Waals surface area (Å²) in [5.41, 5.74) is 1.80. The molecule has 7 nitrogen and oxygen atoms in total. The summed E-state index contributed by atoms with van der Waals surface area (Å²) in [6.07, 6.45) is 7.73. The normalized spacial score (nSPS) is 13.8. The lowest BCUT2D eigenvalue weighted by Crippen LogP contribution is -2.26. The van der Waals surface area contributed by atoms with Crippen LogP contribution in [0.2, 0.25) is 0 Å². The van der Waals surface area contributed by atoms with E-state index >= 15 is 0 Å². The minimum Gasteiger partial charge on any atom is -0.493 e. The summed E-state index contributed by atoms with van der Waals surface area (Å²) < 4.78 is 12.4. The fourth-order valence-corrected chi connectivity index (χ4v) is 4.48. The number of carbonyl (C=O) groups excluding carboxylic acids is 1. The highest BCUT2D eigenvalue weighted by molar-refractivity contribution is 7.99. The predicted molar refractivity (Wildman–Crippen MR) is 120 cm³/mol. The Morgan fingerprint density at radius 1 is 1.20 bits per heavy atom. The van der Waals surface area contributed by atoms with E-state index in [1.54, 1.807) is 45.0 Å². The van der Waals surface area contributed by atoms with Gasteiger partial charge in [-0.25, -0.2) is 4.98 Å². The molecule has 3 rings (SSSR count). The molecule has 0 atom stereocenters. The molecule has 1 heterocycles. The van der Waals surface area contributed by atoms with Gasteiger partial charge in [-0.15, -0.1) is 0 Å². The number of aromatic nitrogens is 2. The third-order valence-corrected chi connectivity index (χ3v) is 6.25. The summed E-state index contributed by atoms with van der Waals surface area (Å²) in [6, 6.07) is 3.39. The van der Waals surface area contributed by atoms with Crippen molar-refractivity contribution in [2.75, 3.05) is 34.1 Å². The summed E-state index contributed by atoms with van der Waals surface area (Å²) >= 11 is 1.29. The van der Waals surface area contributed by atoms with E-state index in [1.807, 2.05) is 0 Å². The van der Waals surface area contributed by atoms with Crippen LogP contribution < -0.4 is 15.0 Å². The molecule has 0 unspecified atom stereocenters. The first-order valence-electron chi connectivity index (χ1n) is 10.1.